The van der Waals surface area contributed by atoms with E-state index in [0.29, 0.717) is 23.8 Å². The van der Waals surface area contributed by atoms with Crippen LogP contribution in [0.5, 0.6) is 5.75 Å². The first-order chi connectivity index (χ1) is 9.95. The van der Waals surface area contributed by atoms with Crippen LogP contribution >= 0.6 is 0 Å². The number of hydrogen-bond acceptors (Lipinski definition) is 3. The van der Waals surface area contributed by atoms with Crippen molar-refractivity contribution in [3.63, 3.8) is 0 Å². The molecule has 0 radical (unpaired) electrons. The molecule has 2 rings (SSSR count). The molecule has 1 aliphatic rings. The molecule has 0 aliphatic heterocycles. The lowest BCUT2D eigenvalue weighted by Gasteiger charge is -2.37. The molecule has 2 N–H and O–H groups in total. The van der Waals surface area contributed by atoms with E-state index in [-0.39, 0.29) is 5.78 Å². The molecule has 0 atom stereocenters. The molecule has 1 aromatic rings. The summed E-state index contributed by atoms with van der Waals surface area (Å²) in [5.41, 5.74) is 8.50. The second-order valence-electron chi connectivity index (χ2n) is 6.58. The van der Waals surface area contributed by atoms with E-state index in [1.54, 1.807) is 7.11 Å². The summed E-state index contributed by atoms with van der Waals surface area (Å²) >= 11 is 0. The van der Waals surface area contributed by atoms with Crippen molar-refractivity contribution in [2.24, 2.45) is 17.1 Å². The Balaban J connectivity index is 2.41. The molecular weight excluding hydrogens is 262 g/mol. The quantitative estimate of drug-likeness (QED) is 0.861. The van der Waals surface area contributed by atoms with Gasteiger partial charge in [0.05, 0.1) is 12.7 Å². The third-order valence-electron chi connectivity index (χ3n) is 5.23. The van der Waals surface area contributed by atoms with Gasteiger partial charge in [0.15, 0.2) is 5.78 Å². The van der Waals surface area contributed by atoms with Crippen LogP contribution < -0.4 is 10.5 Å². The van der Waals surface area contributed by atoms with Crippen LogP contribution in [0.2, 0.25) is 0 Å². The Bertz CT molecular complexity index is 528. The zero-order valence-corrected chi connectivity index (χ0v) is 13.7. The predicted molar refractivity (Wildman–Crippen MR) is 85.9 cm³/mol. The van der Waals surface area contributed by atoms with Gasteiger partial charge in [0.2, 0.25) is 0 Å². The standard InChI is InChI=1S/C18H27NO2/c1-12-7-9-18(11-19,10-8-12)17(20)15-6-5-13(2)14(3)16(15)21-4/h5-6,12H,7-11,19H2,1-4H3. The third kappa shape index (κ3) is 2.84. The van der Waals surface area contributed by atoms with Crippen molar-refractivity contribution in [1.29, 1.82) is 0 Å². The summed E-state index contributed by atoms with van der Waals surface area (Å²) in [5.74, 6) is 1.57. The van der Waals surface area contributed by atoms with E-state index in [4.69, 9.17) is 10.5 Å². The van der Waals surface area contributed by atoms with Gasteiger partial charge < -0.3 is 10.5 Å². The van der Waals surface area contributed by atoms with Gasteiger partial charge in [-0.05, 0) is 62.6 Å². The van der Waals surface area contributed by atoms with Gasteiger partial charge in [-0.1, -0.05) is 13.0 Å². The fourth-order valence-electron chi connectivity index (χ4n) is 3.36. The van der Waals surface area contributed by atoms with E-state index >= 15 is 0 Å². The van der Waals surface area contributed by atoms with Gasteiger partial charge >= 0.3 is 0 Å². The lowest BCUT2D eigenvalue weighted by Crippen LogP contribution is -2.41. The number of methoxy groups -OCH3 is 1. The van der Waals surface area contributed by atoms with Gasteiger partial charge in [-0.15, -0.1) is 0 Å². The maximum atomic E-state index is 13.1. The maximum Gasteiger partial charge on any atom is 0.173 e. The Hall–Kier alpha value is -1.35. The van der Waals surface area contributed by atoms with Crippen molar-refractivity contribution in [3.05, 3.63) is 28.8 Å². The molecule has 0 saturated heterocycles. The highest BCUT2D eigenvalue weighted by Crippen LogP contribution is 2.42. The highest BCUT2D eigenvalue weighted by molar-refractivity contribution is 6.03. The Morgan fingerprint density at radius 3 is 2.48 bits per heavy atom. The van der Waals surface area contributed by atoms with Crippen LogP contribution in [0.15, 0.2) is 12.1 Å². The Kier molecular flexibility index (Phi) is 4.72. The predicted octanol–water partition coefficient (Wildman–Crippen LogP) is 3.65. The fourth-order valence-corrected chi connectivity index (χ4v) is 3.36. The largest absolute Gasteiger partial charge is 0.496 e. The summed E-state index contributed by atoms with van der Waals surface area (Å²) in [7, 11) is 1.64. The summed E-state index contributed by atoms with van der Waals surface area (Å²) in [4.78, 5) is 13.1. The van der Waals surface area contributed by atoms with E-state index in [1.807, 2.05) is 26.0 Å². The minimum Gasteiger partial charge on any atom is -0.496 e. The van der Waals surface area contributed by atoms with Crippen LogP contribution in [0, 0.1) is 25.2 Å². The van der Waals surface area contributed by atoms with Crippen LogP contribution in [-0.4, -0.2) is 19.4 Å². The zero-order chi connectivity index (χ0) is 15.6. The van der Waals surface area contributed by atoms with E-state index < -0.39 is 5.41 Å². The molecule has 0 amide bonds. The van der Waals surface area contributed by atoms with Gasteiger partial charge in [0.25, 0.3) is 0 Å². The van der Waals surface area contributed by atoms with Crippen molar-refractivity contribution >= 4 is 5.78 Å². The minimum absolute atomic E-state index is 0.164. The summed E-state index contributed by atoms with van der Waals surface area (Å²) in [6.45, 7) is 6.71. The Morgan fingerprint density at radius 2 is 1.95 bits per heavy atom. The minimum atomic E-state index is -0.401. The molecule has 1 fully saturated rings. The second kappa shape index (κ2) is 6.18. The summed E-state index contributed by atoms with van der Waals surface area (Å²) < 4.78 is 5.52. The summed E-state index contributed by atoms with van der Waals surface area (Å²) in [5, 5.41) is 0. The van der Waals surface area contributed by atoms with Crippen molar-refractivity contribution in [2.45, 2.75) is 46.5 Å². The summed E-state index contributed by atoms with van der Waals surface area (Å²) in [6, 6.07) is 3.90. The molecule has 1 aromatic carbocycles. The van der Waals surface area contributed by atoms with Gasteiger partial charge in [-0.25, -0.2) is 0 Å². The number of rotatable bonds is 4. The van der Waals surface area contributed by atoms with E-state index in [9.17, 15) is 4.79 Å². The summed E-state index contributed by atoms with van der Waals surface area (Å²) in [6.07, 6.45) is 3.94. The number of ketones is 1. The molecule has 0 bridgehead atoms. The van der Waals surface area contributed by atoms with Crippen LogP contribution in [-0.2, 0) is 0 Å². The molecule has 3 heteroatoms. The first-order valence-corrected chi connectivity index (χ1v) is 7.84. The third-order valence-corrected chi connectivity index (χ3v) is 5.23. The van der Waals surface area contributed by atoms with Crippen molar-refractivity contribution in [2.75, 3.05) is 13.7 Å². The average Bonchev–Trinajstić information content (AvgIpc) is 2.50. The van der Waals surface area contributed by atoms with E-state index in [1.165, 1.54) is 0 Å². The van der Waals surface area contributed by atoms with Crippen LogP contribution in [0.1, 0.15) is 54.1 Å². The number of hydrogen-bond donors (Lipinski definition) is 1. The van der Waals surface area contributed by atoms with E-state index in [0.717, 1.165) is 36.8 Å². The van der Waals surface area contributed by atoms with Crippen molar-refractivity contribution in [3.8, 4) is 5.75 Å². The normalized spacial score (nSPS) is 25.7. The molecule has 0 spiro atoms. The molecule has 0 unspecified atom stereocenters. The highest BCUT2D eigenvalue weighted by atomic mass is 16.5. The molecule has 116 valence electrons. The molecule has 0 aromatic heterocycles. The van der Waals surface area contributed by atoms with Crippen LogP contribution in [0.3, 0.4) is 0 Å². The molecule has 21 heavy (non-hydrogen) atoms. The number of carbonyl (C=O) groups excluding carboxylic acids is 1. The fraction of sp³-hybridized carbons (Fsp3) is 0.611. The van der Waals surface area contributed by atoms with Crippen LogP contribution in [0.4, 0.5) is 0 Å². The Morgan fingerprint density at radius 1 is 1.33 bits per heavy atom. The first-order valence-electron chi connectivity index (χ1n) is 7.84. The lowest BCUT2D eigenvalue weighted by molar-refractivity contribution is 0.0692. The number of aryl methyl sites for hydroxylation is 1. The Labute approximate surface area is 127 Å². The number of benzene rings is 1. The SMILES string of the molecule is COc1c(C(=O)C2(CN)CCC(C)CC2)ccc(C)c1C. The second-order valence-corrected chi connectivity index (χ2v) is 6.58. The molecule has 1 aliphatic carbocycles. The van der Waals surface area contributed by atoms with Gasteiger partial charge in [-0.3, -0.25) is 4.79 Å². The monoisotopic (exact) mass is 289 g/mol. The topological polar surface area (TPSA) is 52.3 Å². The number of Topliss-reactive ketones (excluding diaryl/α,β-unsaturated/α-hetero) is 1. The number of carbonyl (C=O) groups is 1. The number of nitrogens with two attached hydrogens (primary N) is 1. The molecule has 0 heterocycles. The molecular formula is C18H27NO2. The zero-order valence-electron chi connectivity index (χ0n) is 13.7. The molecule has 1 saturated carbocycles. The van der Waals surface area contributed by atoms with E-state index in [2.05, 4.69) is 6.92 Å². The lowest BCUT2D eigenvalue weighted by atomic mass is 9.67. The smallest absolute Gasteiger partial charge is 0.173 e. The first kappa shape index (κ1) is 16.0. The average molecular weight is 289 g/mol. The molecule has 3 nitrogen and oxygen atoms in total. The van der Waals surface area contributed by atoms with Gasteiger partial charge in [-0.2, -0.15) is 0 Å². The van der Waals surface area contributed by atoms with Crippen LogP contribution in [0.25, 0.3) is 0 Å². The highest BCUT2D eigenvalue weighted by Gasteiger charge is 2.41. The number of ether oxygens (including phenoxy) is 1. The van der Waals surface area contributed by atoms with Crippen molar-refractivity contribution in [1.82, 2.24) is 0 Å². The maximum absolute atomic E-state index is 13.1. The van der Waals surface area contributed by atoms with Gasteiger partial charge in [0.1, 0.15) is 5.75 Å². The van der Waals surface area contributed by atoms with Crippen molar-refractivity contribution < 1.29 is 9.53 Å². The van der Waals surface area contributed by atoms with Gasteiger partial charge in [0, 0.05) is 12.0 Å².